The standard InChI is InChI=1S/C23H35N5O4S/c1-15(2)25-23(32)27-10-11-28(22(31)19-9-6-12-33-19)18(14-27)21(30)26-17(20(24)29)13-16-7-4-3-5-8-16/h6,9,12,15-18H,3-5,7-8,10-11,13-14H2,1-2H3,(H2,24,29)(H,25,32)(H,26,30)/t17-,18+/m0/s1. The third-order valence-electron chi connectivity index (χ3n) is 6.33. The van der Waals surface area contributed by atoms with Crippen LogP contribution in [-0.4, -0.2) is 71.3 Å². The molecule has 3 rings (SSSR count). The molecule has 10 heteroatoms. The van der Waals surface area contributed by atoms with Crippen LogP contribution >= 0.6 is 11.3 Å². The van der Waals surface area contributed by atoms with Crippen LogP contribution in [0.4, 0.5) is 4.79 Å². The summed E-state index contributed by atoms with van der Waals surface area (Å²) in [7, 11) is 0. The van der Waals surface area contributed by atoms with E-state index in [0.29, 0.717) is 23.8 Å². The van der Waals surface area contributed by atoms with E-state index in [9.17, 15) is 19.2 Å². The highest BCUT2D eigenvalue weighted by atomic mass is 32.1. The van der Waals surface area contributed by atoms with Crippen LogP contribution in [-0.2, 0) is 9.59 Å². The fourth-order valence-corrected chi connectivity index (χ4v) is 5.26. The molecule has 0 unspecified atom stereocenters. The number of carbonyl (C=O) groups excluding carboxylic acids is 4. The van der Waals surface area contributed by atoms with Crippen molar-refractivity contribution in [3.05, 3.63) is 22.4 Å². The van der Waals surface area contributed by atoms with Gasteiger partial charge in [0.25, 0.3) is 5.91 Å². The number of piperazine rings is 1. The number of urea groups is 1. The van der Waals surface area contributed by atoms with Crippen LogP contribution in [0.15, 0.2) is 17.5 Å². The summed E-state index contributed by atoms with van der Waals surface area (Å²) >= 11 is 1.31. The Morgan fingerprint density at radius 3 is 2.45 bits per heavy atom. The fourth-order valence-electron chi connectivity index (χ4n) is 4.59. The molecule has 1 aromatic rings. The summed E-state index contributed by atoms with van der Waals surface area (Å²) in [5.41, 5.74) is 5.63. The van der Waals surface area contributed by atoms with Crippen molar-refractivity contribution in [3.63, 3.8) is 0 Å². The second kappa shape index (κ2) is 11.5. The van der Waals surface area contributed by atoms with Crippen molar-refractivity contribution in [3.8, 4) is 0 Å². The summed E-state index contributed by atoms with van der Waals surface area (Å²) in [6.45, 7) is 4.32. The maximum Gasteiger partial charge on any atom is 0.317 e. The number of hydrogen-bond acceptors (Lipinski definition) is 5. The van der Waals surface area contributed by atoms with Gasteiger partial charge in [-0.15, -0.1) is 11.3 Å². The number of nitrogens with one attached hydrogen (secondary N) is 2. The van der Waals surface area contributed by atoms with Crippen molar-refractivity contribution in [2.75, 3.05) is 19.6 Å². The van der Waals surface area contributed by atoms with Gasteiger partial charge in [-0.1, -0.05) is 38.2 Å². The summed E-state index contributed by atoms with van der Waals surface area (Å²) < 4.78 is 0. The maximum absolute atomic E-state index is 13.4. The first-order valence-electron chi connectivity index (χ1n) is 11.8. The molecule has 0 spiro atoms. The number of nitrogens with two attached hydrogens (primary N) is 1. The number of thiophene rings is 1. The van der Waals surface area contributed by atoms with E-state index in [0.717, 1.165) is 25.7 Å². The van der Waals surface area contributed by atoms with Gasteiger partial charge < -0.3 is 26.2 Å². The first-order valence-corrected chi connectivity index (χ1v) is 12.6. The smallest absolute Gasteiger partial charge is 0.317 e. The highest BCUT2D eigenvalue weighted by Gasteiger charge is 2.39. The van der Waals surface area contributed by atoms with E-state index in [2.05, 4.69) is 10.6 Å². The quantitative estimate of drug-likeness (QED) is 0.555. The van der Waals surface area contributed by atoms with E-state index in [1.807, 2.05) is 19.2 Å². The van der Waals surface area contributed by atoms with Gasteiger partial charge in [0.2, 0.25) is 11.8 Å². The number of rotatable bonds is 7. The number of carbonyl (C=O) groups is 4. The zero-order chi connectivity index (χ0) is 24.0. The van der Waals surface area contributed by atoms with Crippen molar-refractivity contribution in [2.45, 2.75) is 70.5 Å². The monoisotopic (exact) mass is 477 g/mol. The lowest BCUT2D eigenvalue weighted by molar-refractivity contribution is -0.131. The second-order valence-corrected chi connectivity index (χ2v) is 10.2. The molecule has 0 radical (unpaired) electrons. The highest BCUT2D eigenvalue weighted by Crippen LogP contribution is 2.27. The summed E-state index contributed by atoms with van der Waals surface area (Å²) in [5.74, 6) is -0.936. The molecule has 1 saturated heterocycles. The van der Waals surface area contributed by atoms with E-state index in [4.69, 9.17) is 5.73 Å². The molecule has 9 nitrogen and oxygen atoms in total. The van der Waals surface area contributed by atoms with Gasteiger partial charge in [-0.25, -0.2) is 4.79 Å². The number of primary amides is 1. The molecule has 0 aromatic carbocycles. The molecule has 2 heterocycles. The first kappa shape index (κ1) is 25.0. The second-order valence-electron chi connectivity index (χ2n) is 9.25. The molecule has 33 heavy (non-hydrogen) atoms. The SMILES string of the molecule is CC(C)NC(=O)N1CCN(C(=O)c2cccs2)[C@@H](C(=O)N[C@@H](CC2CCCCC2)C(N)=O)C1. The Balaban J connectivity index is 1.75. The molecule has 2 fully saturated rings. The van der Waals surface area contributed by atoms with Crippen molar-refractivity contribution in [1.29, 1.82) is 0 Å². The Hall–Kier alpha value is -2.62. The van der Waals surface area contributed by atoms with Crippen LogP contribution in [0.5, 0.6) is 0 Å². The first-order chi connectivity index (χ1) is 15.8. The van der Waals surface area contributed by atoms with E-state index < -0.39 is 23.9 Å². The van der Waals surface area contributed by atoms with Crippen LogP contribution in [0.25, 0.3) is 0 Å². The van der Waals surface area contributed by atoms with E-state index in [1.54, 1.807) is 17.0 Å². The third-order valence-corrected chi connectivity index (χ3v) is 7.19. The van der Waals surface area contributed by atoms with Crippen LogP contribution < -0.4 is 16.4 Å². The van der Waals surface area contributed by atoms with Crippen molar-refractivity contribution in [2.24, 2.45) is 11.7 Å². The van der Waals surface area contributed by atoms with Gasteiger partial charge in [0, 0.05) is 19.1 Å². The van der Waals surface area contributed by atoms with E-state index in [1.165, 1.54) is 22.7 Å². The van der Waals surface area contributed by atoms with Gasteiger partial charge >= 0.3 is 6.03 Å². The van der Waals surface area contributed by atoms with Gasteiger partial charge in [0.15, 0.2) is 0 Å². The molecule has 4 N–H and O–H groups in total. The minimum absolute atomic E-state index is 0.0507. The van der Waals surface area contributed by atoms with Crippen LogP contribution in [0, 0.1) is 5.92 Å². The number of hydrogen-bond donors (Lipinski definition) is 3. The maximum atomic E-state index is 13.4. The summed E-state index contributed by atoms with van der Waals surface area (Å²) in [6, 6.07) is 1.48. The molecule has 2 atom stereocenters. The highest BCUT2D eigenvalue weighted by molar-refractivity contribution is 7.12. The van der Waals surface area contributed by atoms with Crippen LogP contribution in [0.2, 0.25) is 0 Å². The molecule has 5 amide bonds. The normalized spacial score (nSPS) is 20.4. The topological polar surface area (TPSA) is 125 Å². The number of nitrogens with zero attached hydrogens (tertiary/aromatic N) is 2. The summed E-state index contributed by atoms with van der Waals surface area (Å²) in [4.78, 5) is 54.8. The van der Waals surface area contributed by atoms with Gasteiger partial charge in [-0.2, -0.15) is 0 Å². The molecule has 1 saturated carbocycles. The van der Waals surface area contributed by atoms with Crippen molar-refractivity contribution >= 4 is 35.1 Å². The Morgan fingerprint density at radius 2 is 1.85 bits per heavy atom. The lowest BCUT2D eigenvalue weighted by atomic mass is 9.84. The molecule has 1 aliphatic heterocycles. The van der Waals surface area contributed by atoms with Gasteiger partial charge in [0.05, 0.1) is 11.4 Å². The third kappa shape index (κ3) is 6.69. The molecule has 182 valence electrons. The summed E-state index contributed by atoms with van der Waals surface area (Å²) in [6.07, 6.45) is 5.99. The van der Waals surface area contributed by atoms with Crippen molar-refractivity contribution in [1.82, 2.24) is 20.4 Å². The average molecular weight is 478 g/mol. The minimum Gasteiger partial charge on any atom is -0.368 e. The average Bonchev–Trinajstić information content (AvgIpc) is 3.33. The molecular weight excluding hydrogens is 442 g/mol. The predicted octanol–water partition coefficient (Wildman–Crippen LogP) is 1.93. The van der Waals surface area contributed by atoms with Gasteiger partial charge in [0.1, 0.15) is 12.1 Å². The number of amides is 5. The zero-order valence-electron chi connectivity index (χ0n) is 19.4. The minimum atomic E-state index is -0.903. The molecule has 1 aliphatic carbocycles. The summed E-state index contributed by atoms with van der Waals surface area (Å²) in [5, 5.41) is 7.45. The lowest BCUT2D eigenvalue weighted by Crippen LogP contribution is -2.64. The fraction of sp³-hybridized carbons (Fsp3) is 0.652. The lowest BCUT2D eigenvalue weighted by Gasteiger charge is -2.41. The predicted molar refractivity (Wildman–Crippen MR) is 127 cm³/mol. The molecule has 0 bridgehead atoms. The van der Waals surface area contributed by atoms with Crippen LogP contribution in [0.1, 0.15) is 62.0 Å². The van der Waals surface area contributed by atoms with Gasteiger partial charge in [-0.3, -0.25) is 14.4 Å². The van der Waals surface area contributed by atoms with E-state index >= 15 is 0 Å². The Bertz CT molecular complexity index is 838. The van der Waals surface area contributed by atoms with Crippen molar-refractivity contribution < 1.29 is 19.2 Å². The Morgan fingerprint density at radius 1 is 1.12 bits per heavy atom. The largest absolute Gasteiger partial charge is 0.368 e. The van der Waals surface area contributed by atoms with E-state index in [-0.39, 0.29) is 31.1 Å². The van der Waals surface area contributed by atoms with Crippen LogP contribution in [0.3, 0.4) is 0 Å². The molecule has 2 aliphatic rings. The Kier molecular flexibility index (Phi) is 8.71. The molecule has 1 aromatic heterocycles. The Labute approximate surface area is 199 Å². The zero-order valence-corrected chi connectivity index (χ0v) is 20.2. The molecular formula is C23H35N5O4S. The van der Waals surface area contributed by atoms with Gasteiger partial charge in [-0.05, 0) is 37.6 Å².